The number of ketones is 1. The Kier molecular flexibility index (Phi) is 10.3. The van der Waals surface area contributed by atoms with Crippen LogP contribution >= 0.6 is 0 Å². The SMILES string of the molecule is CCOCCOCC(=O)N[C@H]1CC[C@@H](C(=O)NCC(=O)C(C)C)CC1. The second-order valence-corrected chi connectivity index (χ2v) is 6.70. The molecule has 1 rings (SSSR count). The number of Topliss-reactive ketones (excluding diaryl/α,β-unsaturated/α-hetero) is 1. The third-order valence-electron chi connectivity index (χ3n) is 4.35. The summed E-state index contributed by atoms with van der Waals surface area (Å²) >= 11 is 0. The number of rotatable bonds is 11. The van der Waals surface area contributed by atoms with Crippen LogP contribution in [0.25, 0.3) is 0 Å². The van der Waals surface area contributed by atoms with Crippen LogP contribution in [-0.4, -0.2) is 56.6 Å². The van der Waals surface area contributed by atoms with Crippen LogP contribution in [0.5, 0.6) is 0 Å². The monoisotopic (exact) mass is 356 g/mol. The van der Waals surface area contributed by atoms with E-state index in [-0.39, 0.29) is 48.6 Å². The van der Waals surface area contributed by atoms with Crippen LogP contribution in [0.2, 0.25) is 0 Å². The Hall–Kier alpha value is -1.47. The van der Waals surface area contributed by atoms with Crippen LogP contribution in [-0.2, 0) is 23.9 Å². The molecule has 0 aromatic heterocycles. The summed E-state index contributed by atoms with van der Waals surface area (Å²) in [6, 6.07) is 0.0873. The number of ether oxygens (including phenoxy) is 2. The zero-order chi connectivity index (χ0) is 18.7. The minimum atomic E-state index is -0.132. The highest BCUT2D eigenvalue weighted by atomic mass is 16.5. The Labute approximate surface area is 150 Å². The highest BCUT2D eigenvalue weighted by Crippen LogP contribution is 2.24. The van der Waals surface area contributed by atoms with Gasteiger partial charge < -0.3 is 20.1 Å². The van der Waals surface area contributed by atoms with E-state index >= 15 is 0 Å². The molecule has 0 spiro atoms. The number of carbonyl (C=O) groups is 3. The smallest absolute Gasteiger partial charge is 0.246 e. The number of nitrogens with one attached hydrogen (secondary N) is 2. The molecule has 0 radical (unpaired) electrons. The molecule has 0 heterocycles. The van der Waals surface area contributed by atoms with Crippen LogP contribution in [0.4, 0.5) is 0 Å². The van der Waals surface area contributed by atoms with E-state index in [0.29, 0.717) is 19.8 Å². The first-order chi connectivity index (χ1) is 11.9. The molecule has 0 aromatic carbocycles. The minimum absolute atomic E-state index is 0.0325. The fourth-order valence-electron chi connectivity index (χ4n) is 2.72. The largest absolute Gasteiger partial charge is 0.379 e. The first-order valence-corrected chi connectivity index (χ1v) is 9.19. The Morgan fingerprint density at radius 3 is 2.28 bits per heavy atom. The van der Waals surface area contributed by atoms with Crippen molar-refractivity contribution in [2.45, 2.75) is 52.5 Å². The summed E-state index contributed by atoms with van der Waals surface area (Å²) in [4.78, 5) is 35.5. The predicted molar refractivity (Wildman–Crippen MR) is 94.1 cm³/mol. The van der Waals surface area contributed by atoms with Crippen LogP contribution in [0.3, 0.4) is 0 Å². The molecule has 1 saturated carbocycles. The Balaban J connectivity index is 2.17. The number of hydrogen-bond acceptors (Lipinski definition) is 5. The van der Waals surface area contributed by atoms with Crippen molar-refractivity contribution in [2.75, 3.05) is 33.0 Å². The van der Waals surface area contributed by atoms with Gasteiger partial charge in [-0.05, 0) is 32.6 Å². The van der Waals surface area contributed by atoms with E-state index in [4.69, 9.17) is 9.47 Å². The van der Waals surface area contributed by atoms with Crippen molar-refractivity contribution < 1.29 is 23.9 Å². The standard InChI is InChI=1S/C18H32N2O5/c1-4-24-9-10-25-12-17(22)20-15-7-5-14(6-8-15)18(23)19-11-16(21)13(2)3/h13-15H,4-12H2,1-3H3,(H,19,23)(H,20,22)/t14-,15+. The van der Waals surface area contributed by atoms with Crippen molar-refractivity contribution in [2.24, 2.45) is 11.8 Å². The van der Waals surface area contributed by atoms with E-state index in [1.165, 1.54) is 0 Å². The van der Waals surface area contributed by atoms with E-state index in [9.17, 15) is 14.4 Å². The molecule has 0 aliphatic heterocycles. The van der Waals surface area contributed by atoms with Gasteiger partial charge in [0.1, 0.15) is 6.61 Å². The first-order valence-electron chi connectivity index (χ1n) is 9.19. The number of amides is 2. The highest BCUT2D eigenvalue weighted by molar-refractivity contribution is 5.88. The quantitative estimate of drug-likeness (QED) is 0.540. The normalized spacial score (nSPS) is 20.3. The fraction of sp³-hybridized carbons (Fsp3) is 0.833. The summed E-state index contributed by atoms with van der Waals surface area (Å²) in [6.45, 7) is 7.22. The molecule has 1 aliphatic rings. The molecular formula is C18H32N2O5. The summed E-state index contributed by atoms with van der Waals surface area (Å²) in [6.07, 6.45) is 2.97. The van der Waals surface area contributed by atoms with Gasteiger partial charge in [-0.25, -0.2) is 0 Å². The Bertz CT molecular complexity index is 431. The van der Waals surface area contributed by atoms with E-state index in [2.05, 4.69) is 10.6 Å². The molecule has 0 bridgehead atoms. The highest BCUT2D eigenvalue weighted by Gasteiger charge is 2.27. The lowest BCUT2D eigenvalue weighted by Crippen LogP contribution is -2.43. The molecule has 0 unspecified atom stereocenters. The average molecular weight is 356 g/mol. The van der Waals surface area contributed by atoms with E-state index in [1.54, 1.807) is 0 Å². The van der Waals surface area contributed by atoms with Crippen LogP contribution < -0.4 is 10.6 Å². The fourth-order valence-corrected chi connectivity index (χ4v) is 2.72. The maximum Gasteiger partial charge on any atom is 0.246 e. The van der Waals surface area contributed by atoms with Crippen molar-refractivity contribution in [3.8, 4) is 0 Å². The van der Waals surface area contributed by atoms with Crippen molar-refractivity contribution in [3.63, 3.8) is 0 Å². The molecule has 2 amide bonds. The molecule has 1 fully saturated rings. The summed E-state index contributed by atoms with van der Waals surface area (Å²) in [5.74, 6) is -0.291. The molecule has 0 atom stereocenters. The molecule has 7 heteroatoms. The molecule has 7 nitrogen and oxygen atoms in total. The van der Waals surface area contributed by atoms with Crippen molar-refractivity contribution in [1.29, 1.82) is 0 Å². The summed E-state index contributed by atoms with van der Waals surface area (Å²) in [5, 5.41) is 5.67. The van der Waals surface area contributed by atoms with Crippen LogP contribution in [0.15, 0.2) is 0 Å². The van der Waals surface area contributed by atoms with Gasteiger partial charge >= 0.3 is 0 Å². The maximum atomic E-state index is 12.1. The van der Waals surface area contributed by atoms with Crippen molar-refractivity contribution in [1.82, 2.24) is 10.6 Å². The topological polar surface area (TPSA) is 93.7 Å². The van der Waals surface area contributed by atoms with Gasteiger partial charge in [0.2, 0.25) is 11.8 Å². The van der Waals surface area contributed by atoms with Gasteiger partial charge in [-0.2, -0.15) is 0 Å². The molecule has 0 saturated heterocycles. The van der Waals surface area contributed by atoms with E-state index < -0.39 is 0 Å². The molecule has 144 valence electrons. The molecule has 0 aromatic rings. The van der Waals surface area contributed by atoms with Crippen LogP contribution in [0.1, 0.15) is 46.5 Å². The lowest BCUT2D eigenvalue weighted by molar-refractivity contribution is -0.130. The van der Waals surface area contributed by atoms with Crippen LogP contribution in [0, 0.1) is 11.8 Å². The number of hydrogen-bond donors (Lipinski definition) is 2. The minimum Gasteiger partial charge on any atom is -0.379 e. The maximum absolute atomic E-state index is 12.1. The third-order valence-corrected chi connectivity index (χ3v) is 4.35. The third kappa shape index (κ3) is 8.97. The predicted octanol–water partition coefficient (Wildman–Crippen LogP) is 1.06. The molecule has 1 aliphatic carbocycles. The zero-order valence-electron chi connectivity index (χ0n) is 15.6. The molecular weight excluding hydrogens is 324 g/mol. The number of carbonyl (C=O) groups excluding carboxylic acids is 3. The van der Waals surface area contributed by atoms with Crippen molar-refractivity contribution >= 4 is 17.6 Å². The van der Waals surface area contributed by atoms with Gasteiger partial charge in [-0.3, -0.25) is 14.4 Å². The van der Waals surface area contributed by atoms with Crippen molar-refractivity contribution in [3.05, 3.63) is 0 Å². The first kappa shape index (κ1) is 21.6. The Morgan fingerprint density at radius 1 is 1.04 bits per heavy atom. The second-order valence-electron chi connectivity index (χ2n) is 6.70. The lowest BCUT2D eigenvalue weighted by Gasteiger charge is -2.28. The zero-order valence-corrected chi connectivity index (χ0v) is 15.6. The van der Waals surface area contributed by atoms with E-state index in [0.717, 1.165) is 25.7 Å². The van der Waals surface area contributed by atoms with Gasteiger partial charge in [0.15, 0.2) is 5.78 Å². The summed E-state index contributed by atoms with van der Waals surface area (Å²) < 4.78 is 10.4. The van der Waals surface area contributed by atoms with Gasteiger partial charge in [-0.15, -0.1) is 0 Å². The summed E-state index contributed by atoms with van der Waals surface area (Å²) in [5.41, 5.74) is 0. The van der Waals surface area contributed by atoms with Gasteiger partial charge in [0.05, 0.1) is 19.8 Å². The average Bonchev–Trinajstić information content (AvgIpc) is 2.59. The molecule has 25 heavy (non-hydrogen) atoms. The summed E-state index contributed by atoms with van der Waals surface area (Å²) in [7, 11) is 0. The van der Waals surface area contributed by atoms with Gasteiger partial charge in [-0.1, -0.05) is 13.8 Å². The van der Waals surface area contributed by atoms with Gasteiger partial charge in [0.25, 0.3) is 0 Å². The lowest BCUT2D eigenvalue weighted by atomic mass is 9.85. The Morgan fingerprint density at radius 2 is 1.68 bits per heavy atom. The second kappa shape index (κ2) is 12.0. The van der Waals surface area contributed by atoms with Gasteiger partial charge in [0, 0.05) is 24.5 Å². The molecule has 2 N–H and O–H groups in total. The van der Waals surface area contributed by atoms with E-state index in [1.807, 2.05) is 20.8 Å².